The van der Waals surface area contributed by atoms with Gasteiger partial charge in [0.2, 0.25) is 0 Å². The molecule has 0 N–H and O–H groups in total. The molecule has 0 aliphatic heterocycles. The third kappa shape index (κ3) is 3.11. The number of Topliss-reactive ketones (excluding diaryl/α,β-unsaturated/α-hetero) is 1. The molecule has 0 saturated heterocycles. The third-order valence-corrected chi connectivity index (χ3v) is 3.34. The molecule has 3 nitrogen and oxygen atoms in total. The van der Waals surface area contributed by atoms with E-state index in [9.17, 15) is 18.0 Å². The maximum Gasteiger partial charge on any atom is 0.419 e. The Bertz CT molecular complexity index is 419. The molecule has 0 bridgehead atoms. The van der Waals surface area contributed by atoms with E-state index in [1.165, 1.54) is 0 Å². The lowest BCUT2D eigenvalue weighted by Gasteiger charge is -2.20. The molecular weight excluding hydrogens is 245 g/mol. The van der Waals surface area contributed by atoms with E-state index >= 15 is 0 Å². The van der Waals surface area contributed by atoms with Crippen LogP contribution in [0.2, 0.25) is 0 Å². The van der Waals surface area contributed by atoms with E-state index in [0.29, 0.717) is 0 Å². The lowest BCUT2D eigenvalue weighted by Crippen LogP contribution is -2.22. The van der Waals surface area contributed by atoms with Gasteiger partial charge in [-0.25, -0.2) is 0 Å². The van der Waals surface area contributed by atoms with Gasteiger partial charge in [0.05, 0.1) is 18.3 Å². The van der Waals surface area contributed by atoms with Crippen LogP contribution in [0.1, 0.15) is 37.7 Å². The van der Waals surface area contributed by atoms with Gasteiger partial charge in [0.1, 0.15) is 0 Å². The predicted molar refractivity (Wildman–Crippen MR) is 58.8 cm³/mol. The van der Waals surface area contributed by atoms with Crippen LogP contribution in [-0.4, -0.2) is 15.6 Å². The molecule has 100 valence electrons. The highest BCUT2D eigenvalue weighted by atomic mass is 19.4. The molecule has 1 aliphatic rings. The molecule has 1 fully saturated rings. The largest absolute Gasteiger partial charge is 0.419 e. The zero-order valence-electron chi connectivity index (χ0n) is 9.91. The SMILES string of the molecule is O=C(Cn1cc(C(F)(F)F)cn1)C1CCCCC1. The number of alkyl halides is 3. The second-order valence-corrected chi connectivity index (χ2v) is 4.73. The van der Waals surface area contributed by atoms with Gasteiger partial charge in [0, 0.05) is 12.1 Å². The highest BCUT2D eigenvalue weighted by Gasteiger charge is 2.32. The topological polar surface area (TPSA) is 34.9 Å². The van der Waals surface area contributed by atoms with Crippen LogP contribution in [0.15, 0.2) is 12.4 Å². The van der Waals surface area contributed by atoms with Crippen molar-refractivity contribution in [2.45, 2.75) is 44.8 Å². The Balaban J connectivity index is 1.96. The summed E-state index contributed by atoms with van der Waals surface area (Å²) in [6, 6.07) is 0. The Morgan fingerprint density at radius 2 is 2.00 bits per heavy atom. The van der Waals surface area contributed by atoms with Gasteiger partial charge in [-0.1, -0.05) is 19.3 Å². The minimum atomic E-state index is -4.40. The Labute approximate surface area is 103 Å². The predicted octanol–water partition coefficient (Wildman–Crippen LogP) is 3.05. The summed E-state index contributed by atoms with van der Waals surface area (Å²) in [5, 5.41) is 3.59. The van der Waals surface area contributed by atoms with Crippen molar-refractivity contribution in [3.8, 4) is 0 Å². The van der Waals surface area contributed by atoms with E-state index in [1.54, 1.807) is 0 Å². The van der Waals surface area contributed by atoms with Crippen molar-refractivity contribution in [2.75, 3.05) is 0 Å². The molecule has 1 heterocycles. The van der Waals surface area contributed by atoms with E-state index < -0.39 is 11.7 Å². The standard InChI is InChI=1S/C12H15F3N2O/c13-12(14,15)10-6-16-17(7-10)8-11(18)9-4-2-1-3-5-9/h6-7,9H,1-5,8H2. The number of hydrogen-bond acceptors (Lipinski definition) is 2. The van der Waals surface area contributed by atoms with Crippen molar-refractivity contribution in [3.05, 3.63) is 18.0 Å². The van der Waals surface area contributed by atoms with Crippen molar-refractivity contribution >= 4 is 5.78 Å². The fourth-order valence-electron chi connectivity index (χ4n) is 2.31. The lowest BCUT2D eigenvalue weighted by molar-refractivity contribution is -0.137. The van der Waals surface area contributed by atoms with Crippen LogP contribution >= 0.6 is 0 Å². The van der Waals surface area contributed by atoms with Crippen molar-refractivity contribution in [3.63, 3.8) is 0 Å². The third-order valence-electron chi connectivity index (χ3n) is 3.34. The van der Waals surface area contributed by atoms with Gasteiger partial charge in [0.25, 0.3) is 0 Å². The Hall–Kier alpha value is -1.33. The average molecular weight is 260 g/mol. The van der Waals surface area contributed by atoms with E-state index in [2.05, 4.69) is 5.10 Å². The molecule has 1 saturated carbocycles. The van der Waals surface area contributed by atoms with Crippen molar-refractivity contribution in [1.29, 1.82) is 0 Å². The number of ketones is 1. The molecular formula is C12H15F3N2O. The quantitative estimate of drug-likeness (QED) is 0.837. The molecule has 0 atom stereocenters. The highest BCUT2D eigenvalue weighted by Crippen LogP contribution is 2.29. The number of nitrogens with zero attached hydrogens (tertiary/aromatic N) is 2. The number of carbonyl (C=O) groups excluding carboxylic acids is 1. The summed E-state index contributed by atoms with van der Waals surface area (Å²) in [7, 11) is 0. The first kappa shape index (κ1) is 13.1. The summed E-state index contributed by atoms with van der Waals surface area (Å²) < 4.78 is 38.1. The maximum absolute atomic E-state index is 12.4. The van der Waals surface area contributed by atoms with Crippen LogP contribution in [-0.2, 0) is 17.5 Å². The van der Waals surface area contributed by atoms with E-state index in [4.69, 9.17) is 0 Å². The molecule has 0 aromatic carbocycles. The summed E-state index contributed by atoms with van der Waals surface area (Å²) in [5.74, 6) is -0.0104. The van der Waals surface area contributed by atoms with Gasteiger partial charge in [-0.3, -0.25) is 9.48 Å². The van der Waals surface area contributed by atoms with Crippen molar-refractivity contribution in [2.24, 2.45) is 5.92 Å². The maximum atomic E-state index is 12.4. The van der Waals surface area contributed by atoms with Crippen LogP contribution < -0.4 is 0 Å². The second-order valence-electron chi connectivity index (χ2n) is 4.73. The average Bonchev–Trinajstić information content (AvgIpc) is 2.78. The molecule has 2 rings (SSSR count). The molecule has 1 aromatic heterocycles. The van der Waals surface area contributed by atoms with E-state index in [0.717, 1.165) is 49.2 Å². The van der Waals surface area contributed by atoms with Gasteiger partial charge >= 0.3 is 6.18 Å². The summed E-state index contributed by atoms with van der Waals surface area (Å²) in [4.78, 5) is 11.9. The van der Waals surface area contributed by atoms with Gasteiger partial charge in [-0.05, 0) is 12.8 Å². The number of hydrogen-bond donors (Lipinski definition) is 0. The van der Waals surface area contributed by atoms with Crippen LogP contribution in [0.5, 0.6) is 0 Å². The van der Waals surface area contributed by atoms with E-state index in [-0.39, 0.29) is 18.2 Å². The van der Waals surface area contributed by atoms with Gasteiger partial charge < -0.3 is 0 Å². The van der Waals surface area contributed by atoms with Crippen LogP contribution in [0.3, 0.4) is 0 Å². The lowest BCUT2D eigenvalue weighted by atomic mass is 9.86. The van der Waals surface area contributed by atoms with Gasteiger partial charge in [0.15, 0.2) is 5.78 Å². The number of halogens is 3. The molecule has 0 spiro atoms. The Kier molecular flexibility index (Phi) is 3.73. The Morgan fingerprint density at radius 3 is 2.56 bits per heavy atom. The van der Waals surface area contributed by atoms with Gasteiger partial charge in [-0.2, -0.15) is 18.3 Å². The van der Waals surface area contributed by atoms with Gasteiger partial charge in [-0.15, -0.1) is 0 Å². The molecule has 1 aromatic rings. The minimum absolute atomic E-state index is 0.00251. The number of carbonyl (C=O) groups is 1. The number of aromatic nitrogens is 2. The number of rotatable bonds is 3. The molecule has 6 heteroatoms. The van der Waals surface area contributed by atoms with E-state index in [1.807, 2.05) is 0 Å². The fourth-order valence-corrected chi connectivity index (χ4v) is 2.31. The first-order chi connectivity index (χ1) is 8.47. The first-order valence-electron chi connectivity index (χ1n) is 6.09. The summed E-state index contributed by atoms with van der Waals surface area (Å²) in [5.41, 5.74) is -0.807. The fraction of sp³-hybridized carbons (Fsp3) is 0.667. The zero-order valence-corrected chi connectivity index (χ0v) is 9.91. The summed E-state index contributed by atoms with van der Waals surface area (Å²) in [6.45, 7) is -0.0548. The highest BCUT2D eigenvalue weighted by molar-refractivity contribution is 5.80. The van der Waals surface area contributed by atoms with Crippen molar-refractivity contribution in [1.82, 2.24) is 9.78 Å². The van der Waals surface area contributed by atoms with Crippen molar-refractivity contribution < 1.29 is 18.0 Å². The summed E-state index contributed by atoms with van der Waals surface area (Å²) in [6.07, 6.45) is 2.16. The smallest absolute Gasteiger partial charge is 0.297 e. The second kappa shape index (κ2) is 5.12. The molecule has 18 heavy (non-hydrogen) atoms. The zero-order chi connectivity index (χ0) is 13.2. The Morgan fingerprint density at radius 1 is 1.33 bits per heavy atom. The monoisotopic (exact) mass is 260 g/mol. The molecule has 1 aliphatic carbocycles. The van der Waals surface area contributed by atoms with Crippen LogP contribution in [0.25, 0.3) is 0 Å². The molecule has 0 radical (unpaired) electrons. The van der Waals surface area contributed by atoms with Crippen LogP contribution in [0.4, 0.5) is 13.2 Å². The minimum Gasteiger partial charge on any atom is -0.297 e. The normalized spacial score (nSPS) is 17.9. The molecule has 0 amide bonds. The molecule has 0 unspecified atom stereocenters. The summed E-state index contributed by atoms with van der Waals surface area (Å²) >= 11 is 0. The first-order valence-corrected chi connectivity index (χ1v) is 6.09. The van der Waals surface area contributed by atoms with Crippen LogP contribution in [0, 0.1) is 5.92 Å².